The van der Waals surface area contributed by atoms with Crippen LogP contribution in [0.1, 0.15) is 31.0 Å². The molecule has 1 aliphatic rings. The van der Waals surface area contributed by atoms with Crippen LogP contribution in [-0.4, -0.2) is 53.1 Å². The quantitative estimate of drug-likeness (QED) is 0.806. The molecular weight excluding hydrogens is 312 g/mol. The van der Waals surface area contributed by atoms with Gasteiger partial charge in [0, 0.05) is 42.7 Å². The molecule has 0 saturated carbocycles. The smallest absolute Gasteiger partial charge is 0.161 e. The minimum Gasteiger partial charge on any atom is -0.368 e. The molecule has 0 amide bonds. The summed E-state index contributed by atoms with van der Waals surface area (Å²) in [6.07, 6.45) is 6.89. The molecular formula is C19H28N6. The van der Waals surface area contributed by atoms with Crippen molar-refractivity contribution in [3.8, 4) is 11.4 Å². The molecule has 6 heteroatoms. The summed E-state index contributed by atoms with van der Waals surface area (Å²) in [6.45, 7) is 4.91. The van der Waals surface area contributed by atoms with Crippen molar-refractivity contribution in [2.24, 2.45) is 0 Å². The number of likely N-dealkylation sites (N-methyl/N-ethyl adjacent to an activating group) is 1. The number of hydrogen-bond donors (Lipinski definition) is 2. The zero-order chi connectivity index (χ0) is 17.6. The lowest BCUT2D eigenvalue weighted by atomic mass is 10.1. The van der Waals surface area contributed by atoms with Crippen LogP contribution >= 0.6 is 0 Å². The Bertz CT molecular complexity index is 686. The van der Waals surface area contributed by atoms with Gasteiger partial charge in [-0.05, 0) is 45.6 Å². The van der Waals surface area contributed by atoms with Gasteiger partial charge in [0.25, 0.3) is 0 Å². The molecule has 2 N–H and O–H groups in total. The first kappa shape index (κ1) is 17.8. The molecule has 0 aromatic carbocycles. The largest absolute Gasteiger partial charge is 0.368 e. The molecule has 134 valence electrons. The third kappa shape index (κ3) is 4.32. The van der Waals surface area contributed by atoms with Gasteiger partial charge in [0.05, 0.1) is 5.69 Å². The fourth-order valence-electron chi connectivity index (χ4n) is 3.23. The van der Waals surface area contributed by atoms with Gasteiger partial charge in [-0.1, -0.05) is 13.3 Å². The SMILES string of the molecule is CCCC(CNc1nc(-c2ccncc2)nc2c1CCNC2)N(C)C. The van der Waals surface area contributed by atoms with E-state index < -0.39 is 0 Å². The van der Waals surface area contributed by atoms with Crippen LogP contribution in [0.25, 0.3) is 11.4 Å². The van der Waals surface area contributed by atoms with E-state index in [9.17, 15) is 0 Å². The van der Waals surface area contributed by atoms with Crippen LogP contribution in [0.4, 0.5) is 5.82 Å². The highest BCUT2D eigenvalue weighted by Gasteiger charge is 2.19. The van der Waals surface area contributed by atoms with Crippen LogP contribution in [0.15, 0.2) is 24.5 Å². The maximum atomic E-state index is 4.85. The number of pyridine rings is 1. The van der Waals surface area contributed by atoms with Crippen LogP contribution in [0.3, 0.4) is 0 Å². The van der Waals surface area contributed by atoms with Gasteiger partial charge < -0.3 is 15.5 Å². The van der Waals surface area contributed by atoms with E-state index in [-0.39, 0.29) is 0 Å². The highest BCUT2D eigenvalue weighted by Crippen LogP contribution is 2.24. The molecule has 0 saturated heterocycles. The van der Waals surface area contributed by atoms with Crippen LogP contribution in [0.2, 0.25) is 0 Å². The first-order valence-corrected chi connectivity index (χ1v) is 9.10. The van der Waals surface area contributed by atoms with E-state index in [1.807, 2.05) is 12.1 Å². The van der Waals surface area contributed by atoms with Crippen LogP contribution in [0.5, 0.6) is 0 Å². The number of aromatic nitrogens is 3. The summed E-state index contributed by atoms with van der Waals surface area (Å²) in [7, 11) is 4.29. The molecule has 2 aromatic heterocycles. The van der Waals surface area contributed by atoms with E-state index in [2.05, 4.69) is 41.5 Å². The van der Waals surface area contributed by atoms with Crippen molar-refractivity contribution < 1.29 is 0 Å². The van der Waals surface area contributed by atoms with Crippen molar-refractivity contribution in [2.45, 2.75) is 38.8 Å². The first-order chi connectivity index (χ1) is 12.2. The molecule has 25 heavy (non-hydrogen) atoms. The molecule has 6 nitrogen and oxygen atoms in total. The van der Waals surface area contributed by atoms with Crippen LogP contribution < -0.4 is 10.6 Å². The maximum Gasteiger partial charge on any atom is 0.161 e. The predicted octanol–water partition coefficient (Wildman–Crippen LogP) is 2.33. The van der Waals surface area contributed by atoms with Gasteiger partial charge in [-0.15, -0.1) is 0 Å². The molecule has 1 unspecified atom stereocenters. The second-order valence-corrected chi connectivity index (χ2v) is 6.77. The Morgan fingerprint density at radius 1 is 1.24 bits per heavy atom. The molecule has 3 rings (SSSR count). The molecule has 0 aliphatic carbocycles. The van der Waals surface area contributed by atoms with E-state index >= 15 is 0 Å². The average Bonchev–Trinajstić information content (AvgIpc) is 2.65. The first-order valence-electron chi connectivity index (χ1n) is 9.10. The van der Waals surface area contributed by atoms with E-state index in [0.717, 1.165) is 49.0 Å². The summed E-state index contributed by atoms with van der Waals surface area (Å²) in [5, 5.41) is 7.02. The molecule has 1 atom stereocenters. The Hall–Kier alpha value is -2.05. The Morgan fingerprint density at radius 3 is 2.76 bits per heavy atom. The van der Waals surface area contributed by atoms with Crippen molar-refractivity contribution in [1.82, 2.24) is 25.2 Å². The van der Waals surface area contributed by atoms with Crippen molar-refractivity contribution in [3.63, 3.8) is 0 Å². The van der Waals surface area contributed by atoms with E-state index in [1.54, 1.807) is 12.4 Å². The van der Waals surface area contributed by atoms with Crippen LogP contribution in [0, 0.1) is 0 Å². The van der Waals surface area contributed by atoms with Gasteiger partial charge in [0.2, 0.25) is 0 Å². The molecule has 0 bridgehead atoms. The predicted molar refractivity (Wildman–Crippen MR) is 102 cm³/mol. The van der Waals surface area contributed by atoms with Crippen LogP contribution in [-0.2, 0) is 13.0 Å². The lowest BCUT2D eigenvalue weighted by Gasteiger charge is -2.26. The highest BCUT2D eigenvalue weighted by molar-refractivity contribution is 5.59. The fourth-order valence-corrected chi connectivity index (χ4v) is 3.23. The fraction of sp³-hybridized carbons (Fsp3) is 0.526. The van der Waals surface area contributed by atoms with E-state index in [4.69, 9.17) is 9.97 Å². The third-order valence-electron chi connectivity index (χ3n) is 4.73. The normalized spacial score (nSPS) is 15.0. The Morgan fingerprint density at radius 2 is 2.04 bits per heavy atom. The molecule has 0 fully saturated rings. The van der Waals surface area contributed by atoms with Gasteiger partial charge in [0.1, 0.15) is 5.82 Å². The Labute approximate surface area is 150 Å². The number of fused-ring (bicyclic) bond motifs is 1. The maximum absolute atomic E-state index is 4.85. The number of anilines is 1. The summed E-state index contributed by atoms with van der Waals surface area (Å²) in [5.74, 6) is 1.76. The topological polar surface area (TPSA) is 66.0 Å². The zero-order valence-corrected chi connectivity index (χ0v) is 15.4. The highest BCUT2D eigenvalue weighted by atomic mass is 15.1. The lowest BCUT2D eigenvalue weighted by Crippen LogP contribution is -2.35. The van der Waals surface area contributed by atoms with E-state index in [1.165, 1.54) is 18.4 Å². The number of nitrogens with zero attached hydrogens (tertiary/aromatic N) is 4. The van der Waals surface area contributed by atoms with Crippen molar-refractivity contribution >= 4 is 5.82 Å². The third-order valence-corrected chi connectivity index (χ3v) is 4.73. The monoisotopic (exact) mass is 340 g/mol. The number of nitrogens with one attached hydrogen (secondary N) is 2. The van der Waals surface area contributed by atoms with Gasteiger partial charge >= 0.3 is 0 Å². The van der Waals surface area contributed by atoms with Gasteiger partial charge in [-0.25, -0.2) is 9.97 Å². The number of rotatable bonds is 7. The standard InChI is InChI=1S/C19H28N6/c1-4-5-15(25(2)3)12-22-19-16-8-11-21-13-17(16)23-18(24-19)14-6-9-20-10-7-14/h6-7,9-10,15,21H,4-5,8,11-13H2,1-3H3,(H,22,23,24). The molecule has 3 heterocycles. The molecule has 0 spiro atoms. The summed E-state index contributed by atoms with van der Waals surface area (Å²) in [6, 6.07) is 4.42. The molecule has 2 aromatic rings. The van der Waals surface area contributed by atoms with E-state index in [0.29, 0.717) is 6.04 Å². The van der Waals surface area contributed by atoms with Crippen molar-refractivity contribution in [1.29, 1.82) is 0 Å². The summed E-state index contributed by atoms with van der Waals surface area (Å²) in [5.41, 5.74) is 3.36. The second-order valence-electron chi connectivity index (χ2n) is 6.77. The van der Waals surface area contributed by atoms with Gasteiger partial charge in [0.15, 0.2) is 5.82 Å². The summed E-state index contributed by atoms with van der Waals surface area (Å²) >= 11 is 0. The summed E-state index contributed by atoms with van der Waals surface area (Å²) < 4.78 is 0. The minimum absolute atomic E-state index is 0.502. The zero-order valence-electron chi connectivity index (χ0n) is 15.4. The molecule has 1 aliphatic heterocycles. The Kier molecular flexibility index (Phi) is 5.94. The lowest BCUT2D eigenvalue weighted by molar-refractivity contribution is 0.288. The minimum atomic E-state index is 0.502. The average molecular weight is 340 g/mol. The van der Waals surface area contributed by atoms with Gasteiger partial charge in [-0.2, -0.15) is 0 Å². The van der Waals surface area contributed by atoms with Crippen molar-refractivity contribution in [2.75, 3.05) is 32.5 Å². The molecule has 0 radical (unpaired) electrons. The summed E-state index contributed by atoms with van der Waals surface area (Å²) in [4.78, 5) is 16.0. The Balaban J connectivity index is 1.88. The van der Waals surface area contributed by atoms with Crippen molar-refractivity contribution in [3.05, 3.63) is 35.8 Å². The van der Waals surface area contributed by atoms with Gasteiger partial charge in [-0.3, -0.25) is 4.98 Å². The number of hydrogen-bond acceptors (Lipinski definition) is 6. The second kappa shape index (κ2) is 8.36.